The summed E-state index contributed by atoms with van der Waals surface area (Å²) in [7, 11) is 0. The summed E-state index contributed by atoms with van der Waals surface area (Å²) in [6.45, 7) is 1.18. The summed E-state index contributed by atoms with van der Waals surface area (Å²) in [5.41, 5.74) is -0.656. The van der Waals surface area contributed by atoms with Gasteiger partial charge in [0.05, 0.1) is 12.0 Å². The van der Waals surface area contributed by atoms with E-state index in [-0.39, 0.29) is 17.5 Å². The van der Waals surface area contributed by atoms with Crippen molar-refractivity contribution >= 4 is 11.9 Å². The third-order valence-corrected chi connectivity index (χ3v) is 6.72. The Morgan fingerprint density at radius 1 is 0.795 bits per heavy atom. The van der Waals surface area contributed by atoms with E-state index in [2.05, 4.69) is 10.1 Å². The van der Waals surface area contributed by atoms with Crippen molar-refractivity contribution in [1.29, 1.82) is 0 Å². The molecule has 2 atom stereocenters. The van der Waals surface area contributed by atoms with Crippen LogP contribution in [0.1, 0.15) is 41.7 Å². The van der Waals surface area contributed by atoms with E-state index in [1.54, 1.807) is 60.7 Å². The van der Waals surface area contributed by atoms with E-state index < -0.39 is 59.9 Å². The fraction of sp³-hybridized carbons (Fsp3) is 0.212. The maximum Gasteiger partial charge on any atom is 0.461 e. The number of hydrogen-bond donors (Lipinski definition) is 1. The minimum atomic E-state index is -4.95. The van der Waals surface area contributed by atoms with E-state index in [4.69, 9.17) is 4.74 Å². The highest BCUT2D eigenvalue weighted by molar-refractivity contribution is 5.79. The first-order valence-corrected chi connectivity index (χ1v) is 13.4. The van der Waals surface area contributed by atoms with Crippen LogP contribution in [0.15, 0.2) is 103 Å². The molecule has 1 amide bonds. The average molecular weight is 616 g/mol. The molecule has 0 heterocycles. The minimum Gasteiger partial charge on any atom is -0.457 e. The molecule has 0 radical (unpaired) electrons. The Bertz CT molecular complexity index is 1570. The van der Waals surface area contributed by atoms with Crippen molar-refractivity contribution in [1.82, 2.24) is 5.32 Å². The largest absolute Gasteiger partial charge is 0.461 e. The fourth-order valence-electron chi connectivity index (χ4n) is 4.82. The molecule has 0 fully saturated rings. The van der Waals surface area contributed by atoms with Gasteiger partial charge in [-0.3, -0.25) is 9.59 Å². The lowest BCUT2D eigenvalue weighted by Gasteiger charge is -2.37. The van der Waals surface area contributed by atoms with Crippen LogP contribution in [0.2, 0.25) is 0 Å². The first kappa shape index (κ1) is 32.1. The van der Waals surface area contributed by atoms with Crippen molar-refractivity contribution < 1.29 is 45.4 Å². The minimum absolute atomic E-state index is 0.122. The second kappa shape index (κ2) is 13.7. The highest BCUT2D eigenvalue weighted by Crippen LogP contribution is 2.38. The number of alkyl halides is 4. The van der Waals surface area contributed by atoms with Crippen molar-refractivity contribution in [3.05, 3.63) is 137 Å². The highest BCUT2D eigenvalue weighted by atomic mass is 19.3. The Balaban J connectivity index is 1.87. The predicted molar refractivity (Wildman–Crippen MR) is 149 cm³/mol. The van der Waals surface area contributed by atoms with Crippen LogP contribution in [0.5, 0.6) is 5.75 Å². The van der Waals surface area contributed by atoms with Gasteiger partial charge in [0, 0.05) is 19.4 Å². The maximum absolute atomic E-state index is 15.0. The van der Waals surface area contributed by atoms with Gasteiger partial charge in [0.1, 0.15) is 23.5 Å². The number of nitrogens with one attached hydrogen (secondary N) is 1. The van der Waals surface area contributed by atoms with E-state index in [1.165, 1.54) is 19.1 Å². The average Bonchev–Trinajstić information content (AvgIpc) is 2.97. The molecule has 4 rings (SSSR count). The van der Waals surface area contributed by atoms with Crippen LogP contribution in [-0.4, -0.2) is 24.4 Å². The normalized spacial score (nSPS) is 13.5. The Kier molecular flexibility index (Phi) is 9.97. The summed E-state index contributed by atoms with van der Waals surface area (Å²) < 4.78 is 92.3. The Morgan fingerprint density at radius 3 is 2.00 bits per heavy atom. The van der Waals surface area contributed by atoms with Gasteiger partial charge in [-0.25, -0.2) is 8.78 Å². The SMILES string of the molecule is CC(=O)OC(CC(=O)NC(Cc1ccccc1)(c1ccc(F)cc1)c1cc(F)cc(OC(F)(F)C(F)F)c1)c1ccccc1. The molecule has 4 aromatic carbocycles. The molecule has 0 saturated carbocycles. The van der Waals surface area contributed by atoms with Gasteiger partial charge in [0.25, 0.3) is 0 Å². The summed E-state index contributed by atoms with van der Waals surface area (Å²) in [6.07, 6.45) is -10.7. The lowest BCUT2D eigenvalue weighted by atomic mass is 9.77. The molecule has 230 valence electrons. The molecule has 0 aliphatic carbocycles. The van der Waals surface area contributed by atoms with Crippen LogP contribution in [-0.2, 0) is 26.3 Å². The van der Waals surface area contributed by atoms with Gasteiger partial charge in [-0.1, -0.05) is 72.8 Å². The van der Waals surface area contributed by atoms with Crippen molar-refractivity contribution in [3.8, 4) is 5.75 Å². The van der Waals surface area contributed by atoms with Crippen LogP contribution in [0.4, 0.5) is 26.3 Å². The lowest BCUT2D eigenvalue weighted by Crippen LogP contribution is -2.49. The van der Waals surface area contributed by atoms with E-state index in [1.807, 2.05) is 0 Å². The topological polar surface area (TPSA) is 64.6 Å². The van der Waals surface area contributed by atoms with Gasteiger partial charge in [-0.2, -0.15) is 17.6 Å². The summed E-state index contributed by atoms with van der Waals surface area (Å²) in [6, 6.07) is 24.1. The number of halogens is 6. The lowest BCUT2D eigenvalue weighted by molar-refractivity contribution is -0.253. The van der Waals surface area contributed by atoms with E-state index >= 15 is 4.39 Å². The van der Waals surface area contributed by atoms with Gasteiger partial charge in [-0.05, 0) is 46.5 Å². The third kappa shape index (κ3) is 7.97. The Morgan fingerprint density at radius 2 is 1.41 bits per heavy atom. The van der Waals surface area contributed by atoms with Crippen LogP contribution in [0, 0.1) is 11.6 Å². The summed E-state index contributed by atoms with van der Waals surface area (Å²) in [5, 5.41) is 2.83. The first-order chi connectivity index (χ1) is 20.9. The monoisotopic (exact) mass is 615 g/mol. The van der Waals surface area contributed by atoms with Gasteiger partial charge in [0.15, 0.2) is 0 Å². The molecule has 4 aromatic rings. The molecule has 0 aromatic heterocycles. The Labute approximate surface area is 249 Å². The predicted octanol–water partition coefficient (Wildman–Crippen LogP) is 7.50. The molecule has 0 aliphatic heterocycles. The van der Waals surface area contributed by atoms with Crippen LogP contribution in [0.3, 0.4) is 0 Å². The van der Waals surface area contributed by atoms with Crippen LogP contribution >= 0.6 is 0 Å². The zero-order chi connectivity index (χ0) is 31.9. The van der Waals surface area contributed by atoms with E-state index in [0.717, 1.165) is 24.3 Å². The summed E-state index contributed by atoms with van der Waals surface area (Å²) in [5.74, 6) is -4.07. The molecule has 0 bridgehead atoms. The van der Waals surface area contributed by atoms with E-state index in [0.29, 0.717) is 17.2 Å². The zero-order valence-electron chi connectivity index (χ0n) is 23.3. The molecule has 1 N–H and O–H groups in total. The smallest absolute Gasteiger partial charge is 0.457 e. The van der Waals surface area contributed by atoms with Gasteiger partial charge in [-0.15, -0.1) is 0 Å². The first-order valence-electron chi connectivity index (χ1n) is 13.4. The number of rotatable bonds is 12. The quantitative estimate of drug-likeness (QED) is 0.133. The number of amides is 1. The molecule has 2 unspecified atom stereocenters. The van der Waals surface area contributed by atoms with E-state index in [9.17, 15) is 31.5 Å². The number of benzene rings is 4. The molecule has 0 spiro atoms. The third-order valence-electron chi connectivity index (χ3n) is 6.72. The fourth-order valence-corrected chi connectivity index (χ4v) is 4.82. The van der Waals surface area contributed by atoms with Gasteiger partial charge in [0.2, 0.25) is 5.91 Å². The second-order valence-corrected chi connectivity index (χ2v) is 9.98. The molecule has 5 nitrogen and oxygen atoms in total. The molecule has 11 heteroatoms. The number of carbonyl (C=O) groups is 2. The number of ether oxygens (including phenoxy) is 2. The van der Waals surface area contributed by atoms with Crippen LogP contribution in [0.25, 0.3) is 0 Å². The van der Waals surface area contributed by atoms with Gasteiger partial charge < -0.3 is 14.8 Å². The second-order valence-electron chi connectivity index (χ2n) is 9.98. The standard InChI is InChI=1S/C33H27F6NO4/c1-21(41)43-29(23-10-6-3-7-11-23)19-30(42)40-32(20-22-8-4-2-5-9-22,24-12-14-26(34)15-13-24)25-16-27(35)18-28(17-25)44-33(38,39)31(36)37/h2-18,29,31H,19-20H2,1H3,(H,40,42). The maximum atomic E-state index is 15.0. The highest BCUT2D eigenvalue weighted by Gasteiger charge is 2.45. The summed E-state index contributed by atoms with van der Waals surface area (Å²) >= 11 is 0. The number of esters is 1. The number of hydrogen-bond acceptors (Lipinski definition) is 4. The van der Waals surface area contributed by atoms with Crippen molar-refractivity contribution in [2.75, 3.05) is 0 Å². The summed E-state index contributed by atoms with van der Waals surface area (Å²) in [4.78, 5) is 25.7. The molecule has 44 heavy (non-hydrogen) atoms. The molecule has 0 aliphatic rings. The Hall–Kier alpha value is -4.80. The van der Waals surface area contributed by atoms with Crippen molar-refractivity contribution in [3.63, 3.8) is 0 Å². The number of carbonyl (C=O) groups excluding carboxylic acids is 2. The molecular weight excluding hydrogens is 588 g/mol. The zero-order valence-corrected chi connectivity index (χ0v) is 23.3. The van der Waals surface area contributed by atoms with Crippen molar-refractivity contribution in [2.45, 2.75) is 43.9 Å². The van der Waals surface area contributed by atoms with Crippen LogP contribution < -0.4 is 10.1 Å². The molecular formula is C33H27F6NO4. The molecule has 0 saturated heterocycles. The van der Waals surface area contributed by atoms with Gasteiger partial charge >= 0.3 is 18.5 Å². The van der Waals surface area contributed by atoms with Crippen molar-refractivity contribution in [2.24, 2.45) is 0 Å².